The fraction of sp³-hybridized carbons (Fsp3) is 0.636. The summed E-state index contributed by atoms with van der Waals surface area (Å²) in [6.07, 6.45) is 4.97. The lowest BCUT2D eigenvalue weighted by atomic mass is 10.0. The van der Waals surface area contributed by atoms with Gasteiger partial charge in [0.2, 0.25) is 11.8 Å². The third-order valence-corrected chi connectivity index (χ3v) is 5.92. The first-order chi connectivity index (χ1) is 13.6. The monoisotopic (exact) mass is 387 g/mol. The number of carbonyl (C=O) groups excluding carboxylic acids is 2. The number of hydrogen-bond acceptors (Lipinski definition) is 4. The molecule has 6 nitrogen and oxygen atoms in total. The highest BCUT2D eigenvalue weighted by Crippen LogP contribution is 2.37. The first-order valence-electron chi connectivity index (χ1n) is 10.5. The molecule has 3 atom stereocenters. The lowest BCUT2D eigenvalue weighted by Gasteiger charge is -2.35. The summed E-state index contributed by atoms with van der Waals surface area (Å²) in [5, 5.41) is 5.95. The number of amides is 2. The van der Waals surface area contributed by atoms with Gasteiger partial charge in [-0.15, -0.1) is 0 Å². The van der Waals surface area contributed by atoms with Gasteiger partial charge in [0.1, 0.15) is 5.75 Å². The molecule has 154 valence electrons. The van der Waals surface area contributed by atoms with E-state index in [9.17, 15) is 9.59 Å². The Bertz CT molecular complexity index is 655. The van der Waals surface area contributed by atoms with Crippen molar-refractivity contribution in [1.29, 1.82) is 0 Å². The fourth-order valence-corrected chi connectivity index (χ4v) is 3.93. The van der Waals surface area contributed by atoms with E-state index in [1.54, 1.807) is 7.11 Å². The molecule has 2 aliphatic rings. The van der Waals surface area contributed by atoms with E-state index >= 15 is 0 Å². The topological polar surface area (TPSA) is 70.7 Å². The lowest BCUT2D eigenvalue weighted by molar-refractivity contribution is -0.123. The van der Waals surface area contributed by atoms with Gasteiger partial charge in [-0.2, -0.15) is 0 Å². The van der Waals surface area contributed by atoms with Crippen LogP contribution in [0.15, 0.2) is 24.3 Å². The molecule has 1 saturated carbocycles. The van der Waals surface area contributed by atoms with Crippen LogP contribution in [-0.2, 0) is 9.59 Å². The summed E-state index contributed by atoms with van der Waals surface area (Å²) >= 11 is 0. The largest absolute Gasteiger partial charge is 0.497 e. The molecule has 1 aliphatic heterocycles. The van der Waals surface area contributed by atoms with Gasteiger partial charge in [-0.05, 0) is 56.0 Å². The molecule has 3 rings (SSSR count). The SMILES string of the molecule is COc1ccc(C(CNC(=O)CCNC(=O)C2CC2C)N2CCCCC2)cc1. The molecule has 0 aromatic heterocycles. The molecule has 1 saturated heterocycles. The van der Waals surface area contributed by atoms with Crippen molar-refractivity contribution in [2.75, 3.05) is 33.3 Å². The number of methoxy groups -OCH3 is 1. The zero-order chi connectivity index (χ0) is 19.9. The highest BCUT2D eigenvalue weighted by molar-refractivity contribution is 5.82. The Hall–Kier alpha value is -2.08. The van der Waals surface area contributed by atoms with Crippen molar-refractivity contribution in [2.24, 2.45) is 11.8 Å². The summed E-state index contributed by atoms with van der Waals surface area (Å²) in [6, 6.07) is 8.28. The number of nitrogens with one attached hydrogen (secondary N) is 2. The lowest BCUT2D eigenvalue weighted by Crippen LogP contribution is -2.41. The van der Waals surface area contributed by atoms with Crippen molar-refractivity contribution < 1.29 is 14.3 Å². The highest BCUT2D eigenvalue weighted by Gasteiger charge is 2.38. The van der Waals surface area contributed by atoms with Gasteiger partial charge in [0.25, 0.3) is 0 Å². The standard InChI is InChI=1S/C22H33N3O3/c1-16-14-19(16)22(27)23-11-10-21(26)24-15-20(25-12-4-3-5-13-25)17-6-8-18(28-2)9-7-17/h6-9,16,19-20H,3-5,10-15H2,1-2H3,(H,23,27)(H,24,26). The summed E-state index contributed by atoms with van der Waals surface area (Å²) in [4.78, 5) is 26.6. The van der Waals surface area contributed by atoms with Crippen molar-refractivity contribution in [3.63, 3.8) is 0 Å². The normalized spacial score (nSPS) is 22.9. The fourth-order valence-electron chi connectivity index (χ4n) is 3.93. The summed E-state index contributed by atoms with van der Waals surface area (Å²) < 4.78 is 5.27. The van der Waals surface area contributed by atoms with E-state index in [4.69, 9.17) is 4.74 Å². The van der Waals surface area contributed by atoms with E-state index in [1.807, 2.05) is 12.1 Å². The summed E-state index contributed by atoms with van der Waals surface area (Å²) in [7, 11) is 1.67. The van der Waals surface area contributed by atoms with Gasteiger partial charge in [-0.1, -0.05) is 25.5 Å². The van der Waals surface area contributed by atoms with Gasteiger partial charge < -0.3 is 15.4 Å². The molecule has 0 radical (unpaired) electrons. The van der Waals surface area contributed by atoms with Gasteiger partial charge in [0.15, 0.2) is 0 Å². The predicted octanol–water partition coefficient (Wildman–Crippen LogP) is 2.50. The third-order valence-electron chi connectivity index (χ3n) is 5.92. The maximum Gasteiger partial charge on any atom is 0.223 e. The van der Waals surface area contributed by atoms with E-state index < -0.39 is 0 Å². The van der Waals surface area contributed by atoms with Gasteiger partial charge in [0, 0.05) is 25.4 Å². The second kappa shape index (κ2) is 9.92. The maximum atomic E-state index is 12.3. The number of hydrogen-bond donors (Lipinski definition) is 2. The molecule has 1 heterocycles. The smallest absolute Gasteiger partial charge is 0.223 e. The average Bonchev–Trinajstić information content (AvgIpc) is 3.46. The molecule has 1 aliphatic carbocycles. The van der Waals surface area contributed by atoms with Crippen LogP contribution in [0.25, 0.3) is 0 Å². The van der Waals surface area contributed by atoms with E-state index in [-0.39, 0.29) is 23.8 Å². The Kier molecular flexibility index (Phi) is 7.31. The molecule has 6 heteroatoms. The van der Waals surface area contributed by atoms with Crippen molar-refractivity contribution >= 4 is 11.8 Å². The van der Waals surface area contributed by atoms with Gasteiger partial charge >= 0.3 is 0 Å². The second-order valence-corrected chi connectivity index (χ2v) is 8.05. The zero-order valence-corrected chi connectivity index (χ0v) is 17.1. The molecule has 1 aromatic rings. The van der Waals surface area contributed by atoms with Crippen LogP contribution in [0.2, 0.25) is 0 Å². The Balaban J connectivity index is 1.50. The predicted molar refractivity (Wildman–Crippen MR) is 109 cm³/mol. The van der Waals surface area contributed by atoms with Crippen molar-refractivity contribution in [3.05, 3.63) is 29.8 Å². The van der Waals surface area contributed by atoms with E-state index in [0.29, 0.717) is 25.4 Å². The van der Waals surface area contributed by atoms with E-state index in [0.717, 1.165) is 25.3 Å². The average molecular weight is 388 g/mol. The Morgan fingerprint density at radius 2 is 1.82 bits per heavy atom. The summed E-state index contributed by atoms with van der Waals surface area (Å²) in [5.41, 5.74) is 1.19. The minimum atomic E-state index is -0.0142. The van der Waals surface area contributed by atoms with Crippen LogP contribution in [0.4, 0.5) is 0 Å². The number of benzene rings is 1. The minimum absolute atomic E-state index is 0.0142. The molecule has 28 heavy (non-hydrogen) atoms. The molecular formula is C22H33N3O3. The van der Waals surface area contributed by atoms with Gasteiger partial charge in [-0.3, -0.25) is 14.5 Å². The van der Waals surface area contributed by atoms with Crippen LogP contribution in [0.3, 0.4) is 0 Å². The van der Waals surface area contributed by atoms with Crippen LogP contribution >= 0.6 is 0 Å². The van der Waals surface area contributed by atoms with E-state index in [2.05, 4.69) is 34.6 Å². The molecule has 2 fully saturated rings. The minimum Gasteiger partial charge on any atom is -0.497 e. The van der Waals surface area contributed by atoms with Crippen molar-refractivity contribution in [2.45, 2.75) is 45.1 Å². The van der Waals surface area contributed by atoms with Crippen molar-refractivity contribution in [3.8, 4) is 5.75 Å². The number of likely N-dealkylation sites (tertiary alicyclic amines) is 1. The van der Waals surface area contributed by atoms with Crippen LogP contribution in [0.5, 0.6) is 5.75 Å². The number of rotatable bonds is 9. The van der Waals surface area contributed by atoms with Crippen LogP contribution in [0.1, 0.15) is 50.6 Å². The first-order valence-corrected chi connectivity index (χ1v) is 10.5. The Morgan fingerprint density at radius 3 is 2.43 bits per heavy atom. The van der Waals surface area contributed by atoms with Crippen LogP contribution in [-0.4, -0.2) is 50.0 Å². The first kappa shape index (κ1) is 20.6. The quantitative estimate of drug-likeness (QED) is 0.683. The molecule has 0 bridgehead atoms. The third kappa shape index (κ3) is 5.71. The second-order valence-electron chi connectivity index (χ2n) is 8.05. The number of piperidine rings is 1. The Morgan fingerprint density at radius 1 is 1.14 bits per heavy atom. The molecule has 1 aromatic carbocycles. The molecule has 2 amide bonds. The van der Waals surface area contributed by atoms with Crippen LogP contribution in [0, 0.1) is 11.8 Å². The molecule has 0 spiro atoms. The molecular weight excluding hydrogens is 354 g/mol. The maximum absolute atomic E-state index is 12.3. The number of nitrogens with zero attached hydrogens (tertiary/aromatic N) is 1. The number of carbonyl (C=O) groups is 2. The summed E-state index contributed by atoms with van der Waals surface area (Å²) in [5.74, 6) is 1.56. The van der Waals surface area contributed by atoms with Gasteiger partial charge in [-0.25, -0.2) is 0 Å². The van der Waals surface area contributed by atoms with E-state index in [1.165, 1.54) is 24.8 Å². The molecule has 3 unspecified atom stereocenters. The zero-order valence-electron chi connectivity index (χ0n) is 17.1. The number of ether oxygens (including phenoxy) is 1. The Labute approximate surface area is 168 Å². The van der Waals surface area contributed by atoms with Crippen molar-refractivity contribution in [1.82, 2.24) is 15.5 Å². The van der Waals surface area contributed by atoms with Crippen LogP contribution < -0.4 is 15.4 Å². The molecule has 2 N–H and O–H groups in total. The summed E-state index contributed by atoms with van der Waals surface area (Å²) in [6.45, 7) is 5.19. The van der Waals surface area contributed by atoms with Gasteiger partial charge in [0.05, 0.1) is 13.2 Å². The highest BCUT2D eigenvalue weighted by atomic mass is 16.5.